The van der Waals surface area contributed by atoms with Crippen LogP contribution in [0.2, 0.25) is 0 Å². The van der Waals surface area contributed by atoms with Crippen LogP contribution in [-0.2, 0) is 11.3 Å². The highest BCUT2D eigenvalue weighted by atomic mass is 16.5. The van der Waals surface area contributed by atoms with Crippen molar-refractivity contribution in [1.29, 1.82) is 5.26 Å². The van der Waals surface area contributed by atoms with Crippen LogP contribution in [0.4, 0.5) is 0 Å². The third kappa shape index (κ3) is 2.41. The second kappa shape index (κ2) is 5.17. The molecule has 1 aromatic carbocycles. The molecule has 0 saturated carbocycles. The van der Waals surface area contributed by atoms with E-state index in [-0.39, 0.29) is 5.92 Å². The number of nitrogens with zero attached hydrogens (tertiary/aromatic N) is 1. The molecule has 17 heavy (non-hydrogen) atoms. The van der Waals surface area contributed by atoms with Crippen LogP contribution in [0, 0.1) is 17.2 Å². The number of aliphatic hydroxyl groups is 1. The Bertz CT molecular complexity index is 439. The van der Waals surface area contributed by atoms with Crippen LogP contribution in [0.1, 0.15) is 23.7 Å². The summed E-state index contributed by atoms with van der Waals surface area (Å²) in [5.74, 6) is 0.553. The zero-order valence-electron chi connectivity index (χ0n) is 9.72. The first-order chi connectivity index (χ1) is 8.26. The van der Waals surface area contributed by atoms with E-state index < -0.39 is 6.10 Å². The van der Waals surface area contributed by atoms with E-state index in [2.05, 4.69) is 6.07 Å². The lowest BCUT2D eigenvalue weighted by Gasteiger charge is -2.29. The van der Waals surface area contributed by atoms with E-state index in [1.807, 2.05) is 18.2 Å². The SMILES string of the molecule is COCc1ccc2c(c1)[C@H](O)[C@H](CC#N)CO2. The lowest BCUT2D eigenvalue weighted by molar-refractivity contribution is 0.0527. The summed E-state index contributed by atoms with van der Waals surface area (Å²) in [6.07, 6.45) is -0.329. The molecule has 0 bridgehead atoms. The first-order valence-corrected chi connectivity index (χ1v) is 5.56. The normalized spacial score (nSPS) is 22.4. The minimum absolute atomic E-state index is 0.148. The Hall–Kier alpha value is -1.57. The number of hydrogen-bond donors (Lipinski definition) is 1. The van der Waals surface area contributed by atoms with E-state index in [0.29, 0.717) is 25.4 Å². The number of hydrogen-bond acceptors (Lipinski definition) is 4. The quantitative estimate of drug-likeness (QED) is 0.864. The Morgan fingerprint density at radius 1 is 1.59 bits per heavy atom. The monoisotopic (exact) mass is 233 g/mol. The van der Waals surface area contributed by atoms with Crippen molar-refractivity contribution in [1.82, 2.24) is 0 Å². The van der Waals surface area contributed by atoms with Gasteiger partial charge in [0.2, 0.25) is 0 Å². The zero-order valence-corrected chi connectivity index (χ0v) is 9.72. The zero-order chi connectivity index (χ0) is 12.3. The van der Waals surface area contributed by atoms with Crippen molar-refractivity contribution in [2.24, 2.45) is 5.92 Å². The number of rotatable bonds is 3. The van der Waals surface area contributed by atoms with Gasteiger partial charge in [0, 0.05) is 25.0 Å². The van der Waals surface area contributed by atoms with E-state index in [9.17, 15) is 5.11 Å². The molecule has 0 aliphatic carbocycles. The van der Waals surface area contributed by atoms with Gasteiger partial charge in [-0.1, -0.05) is 6.07 Å². The van der Waals surface area contributed by atoms with E-state index in [1.54, 1.807) is 7.11 Å². The van der Waals surface area contributed by atoms with Crippen LogP contribution < -0.4 is 4.74 Å². The van der Waals surface area contributed by atoms with Crippen LogP contribution in [0.25, 0.3) is 0 Å². The van der Waals surface area contributed by atoms with Crippen molar-refractivity contribution in [3.05, 3.63) is 29.3 Å². The van der Waals surface area contributed by atoms with Gasteiger partial charge in [0.1, 0.15) is 5.75 Å². The van der Waals surface area contributed by atoms with Crippen molar-refractivity contribution < 1.29 is 14.6 Å². The Morgan fingerprint density at radius 2 is 2.41 bits per heavy atom. The van der Waals surface area contributed by atoms with Gasteiger partial charge in [0.05, 0.1) is 25.4 Å². The fourth-order valence-electron chi connectivity index (χ4n) is 2.05. The Morgan fingerprint density at radius 3 is 3.12 bits per heavy atom. The smallest absolute Gasteiger partial charge is 0.125 e. The van der Waals surface area contributed by atoms with E-state index >= 15 is 0 Å². The maximum atomic E-state index is 10.2. The summed E-state index contributed by atoms with van der Waals surface area (Å²) in [5, 5.41) is 18.9. The summed E-state index contributed by atoms with van der Waals surface area (Å²) >= 11 is 0. The molecule has 0 amide bonds. The first-order valence-electron chi connectivity index (χ1n) is 5.56. The third-order valence-electron chi connectivity index (χ3n) is 2.96. The molecule has 0 spiro atoms. The van der Waals surface area contributed by atoms with Crippen LogP contribution in [0.15, 0.2) is 18.2 Å². The fraction of sp³-hybridized carbons (Fsp3) is 0.462. The fourth-order valence-corrected chi connectivity index (χ4v) is 2.05. The van der Waals surface area contributed by atoms with E-state index in [0.717, 1.165) is 11.1 Å². The molecular weight excluding hydrogens is 218 g/mol. The van der Waals surface area contributed by atoms with Gasteiger partial charge in [0.25, 0.3) is 0 Å². The predicted octanol–water partition coefficient (Wildman–Crippen LogP) is 1.79. The van der Waals surface area contributed by atoms with Gasteiger partial charge in [-0.15, -0.1) is 0 Å². The summed E-state index contributed by atoms with van der Waals surface area (Å²) in [5.41, 5.74) is 1.75. The minimum Gasteiger partial charge on any atom is -0.493 e. The molecule has 0 saturated heterocycles. The molecule has 4 heteroatoms. The van der Waals surface area contributed by atoms with Gasteiger partial charge in [0.15, 0.2) is 0 Å². The van der Waals surface area contributed by atoms with Crippen LogP contribution >= 0.6 is 0 Å². The molecule has 1 N–H and O–H groups in total. The standard InChI is InChI=1S/C13H15NO3/c1-16-7-9-2-3-12-11(6-9)13(15)10(4-5-14)8-17-12/h2-3,6,10,13,15H,4,7-8H2,1H3/t10-,13-/m1/s1. The predicted molar refractivity (Wildman–Crippen MR) is 61.3 cm³/mol. The topological polar surface area (TPSA) is 62.5 Å². The molecule has 0 radical (unpaired) electrons. The number of nitriles is 1. The Balaban J connectivity index is 2.26. The molecule has 2 atom stereocenters. The second-order valence-electron chi connectivity index (χ2n) is 4.18. The van der Waals surface area contributed by atoms with Gasteiger partial charge in [-0.3, -0.25) is 0 Å². The van der Waals surface area contributed by atoms with Crippen molar-refractivity contribution in [2.75, 3.05) is 13.7 Å². The molecule has 1 heterocycles. The molecule has 90 valence electrons. The van der Waals surface area contributed by atoms with Gasteiger partial charge in [-0.05, 0) is 17.7 Å². The Kier molecular flexibility index (Phi) is 3.62. The Labute approximate surface area is 100 Å². The molecule has 1 aliphatic heterocycles. The first kappa shape index (κ1) is 11.9. The van der Waals surface area contributed by atoms with Gasteiger partial charge in [-0.25, -0.2) is 0 Å². The summed E-state index contributed by atoms with van der Waals surface area (Å²) in [6, 6.07) is 7.71. The molecule has 0 unspecified atom stereocenters. The van der Waals surface area contributed by atoms with Crippen molar-refractivity contribution in [3.8, 4) is 11.8 Å². The summed E-state index contributed by atoms with van der Waals surface area (Å²) in [7, 11) is 1.63. The van der Waals surface area contributed by atoms with Crippen molar-refractivity contribution in [2.45, 2.75) is 19.1 Å². The van der Waals surface area contributed by atoms with Crippen molar-refractivity contribution in [3.63, 3.8) is 0 Å². The average molecular weight is 233 g/mol. The molecule has 0 fully saturated rings. The molecule has 1 aromatic rings. The lowest BCUT2D eigenvalue weighted by Crippen LogP contribution is -2.25. The van der Waals surface area contributed by atoms with Crippen molar-refractivity contribution >= 4 is 0 Å². The van der Waals surface area contributed by atoms with E-state index in [1.165, 1.54) is 0 Å². The minimum atomic E-state index is -0.629. The maximum Gasteiger partial charge on any atom is 0.125 e. The van der Waals surface area contributed by atoms with Crippen LogP contribution in [0.5, 0.6) is 5.75 Å². The van der Waals surface area contributed by atoms with E-state index in [4.69, 9.17) is 14.7 Å². The highest BCUT2D eigenvalue weighted by Gasteiger charge is 2.29. The molecular formula is C13H15NO3. The van der Waals surface area contributed by atoms with Gasteiger partial charge < -0.3 is 14.6 Å². The average Bonchev–Trinajstić information content (AvgIpc) is 2.34. The molecule has 1 aliphatic rings. The highest BCUT2D eigenvalue weighted by molar-refractivity contribution is 5.40. The third-order valence-corrected chi connectivity index (χ3v) is 2.96. The van der Waals surface area contributed by atoms with Gasteiger partial charge in [-0.2, -0.15) is 5.26 Å². The number of methoxy groups -OCH3 is 1. The largest absolute Gasteiger partial charge is 0.493 e. The lowest BCUT2D eigenvalue weighted by atomic mass is 9.90. The van der Waals surface area contributed by atoms with Crippen LogP contribution in [0.3, 0.4) is 0 Å². The van der Waals surface area contributed by atoms with Crippen LogP contribution in [-0.4, -0.2) is 18.8 Å². The summed E-state index contributed by atoms with van der Waals surface area (Å²) < 4.78 is 10.6. The second-order valence-corrected chi connectivity index (χ2v) is 4.18. The maximum absolute atomic E-state index is 10.2. The number of benzene rings is 1. The summed E-state index contributed by atoms with van der Waals surface area (Å²) in [4.78, 5) is 0. The number of ether oxygens (including phenoxy) is 2. The molecule has 4 nitrogen and oxygen atoms in total. The number of aliphatic hydroxyl groups excluding tert-OH is 1. The highest BCUT2D eigenvalue weighted by Crippen LogP contribution is 2.37. The number of fused-ring (bicyclic) bond motifs is 1. The molecule has 0 aromatic heterocycles. The molecule has 2 rings (SSSR count). The summed E-state index contributed by atoms with van der Waals surface area (Å²) in [6.45, 7) is 0.897. The van der Waals surface area contributed by atoms with Gasteiger partial charge >= 0.3 is 0 Å².